The molecule has 0 saturated carbocycles. The summed E-state index contributed by atoms with van der Waals surface area (Å²) in [6.07, 6.45) is -2.34. The van der Waals surface area contributed by atoms with Gasteiger partial charge in [-0.15, -0.1) is 0 Å². The van der Waals surface area contributed by atoms with Gasteiger partial charge in [0.2, 0.25) is 0 Å². The van der Waals surface area contributed by atoms with Crippen LogP contribution in [0, 0.1) is 6.92 Å². The van der Waals surface area contributed by atoms with Crippen molar-refractivity contribution in [3.05, 3.63) is 41.5 Å². The van der Waals surface area contributed by atoms with E-state index in [9.17, 15) is 13.2 Å². The van der Waals surface area contributed by atoms with Crippen LogP contribution in [0.4, 0.5) is 13.2 Å². The number of halogens is 3. The van der Waals surface area contributed by atoms with E-state index >= 15 is 0 Å². The van der Waals surface area contributed by atoms with Crippen LogP contribution in [0.3, 0.4) is 0 Å². The largest absolute Gasteiger partial charge is 0.392 e. The maximum absolute atomic E-state index is 11.8. The average molecular weight is 200 g/mol. The summed E-state index contributed by atoms with van der Waals surface area (Å²) < 4.78 is 35.4. The van der Waals surface area contributed by atoms with E-state index in [1.807, 2.05) is 19.1 Å². The summed E-state index contributed by atoms with van der Waals surface area (Å²) in [6, 6.07) is 7.33. The Kier molecular flexibility index (Phi) is 3.33. The molecule has 1 aromatic carbocycles. The number of hydrogen-bond acceptors (Lipinski definition) is 0. The first-order chi connectivity index (χ1) is 6.49. The number of hydrogen-bond donors (Lipinski definition) is 0. The third kappa shape index (κ3) is 3.64. The lowest BCUT2D eigenvalue weighted by Crippen LogP contribution is -2.03. The zero-order valence-electron chi connectivity index (χ0n) is 7.81. The van der Waals surface area contributed by atoms with Crippen molar-refractivity contribution in [1.29, 1.82) is 0 Å². The van der Waals surface area contributed by atoms with Crippen LogP contribution in [0.1, 0.15) is 17.5 Å². The predicted octanol–water partition coefficient (Wildman–Crippen LogP) is 3.96. The van der Waals surface area contributed by atoms with E-state index in [4.69, 9.17) is 0 Å². The van der Waals surface area contributed by atoms with Crippen LogP contribution in [0.2, 0.25) is 0 Å². The highest BCUT2D eigenvalue weighted by Gasteiger charge is 2.24. The highest BCUT2D eigenvalue weighted by Crippen LogP contribution is 2.20. The number of allylic oxidation sites excluding steroid dienone is 1. The summed E-state index contributed by atoms with van der Waals surface area (Å²) in [5.74, 6) is 0. The molecule has 0 amide bonds. The van der Waals surface area contributed by atoms with Gasteiger partial charge >= 0.3 is 6.18 Å². The molecule has 0 aromatic heterocycles. The van der Waals surface area contributed by atoms with Crippen LogP contribution in [0.25, 0.3) is 6.08 Å². The second kappa shape index (κ2) is 4.31. The molecule has 0 heterocycles. The van der Waals surface area contributed by atoms with E-state index in [-0.39, 0.29) is 0 Å². The Labute approximate surface area is 81.1 Å². The Hall–Kier alpha value is -1.25. The van der Waals surface area contributed by atoms with E-state index in [2.05, 4.69) is 0 Å². The molecule has 0 spiro atoms. The monoisotopic (exact) mass is 200 g/mol. The molecule has 0 aliphatic carbocycles. The van der Waals surface area contributed by atoms with Gasteiger partial charge < -0.3 is 0 Å². The number of aryl methyl sites for hydroxylation is 1. The van der Waals surface area contributed by atoms with Gasteiger partial charge in [0.05, 0.1) is 6.42 Å². The average Bonchev–Trinajstić information content (AvgIpc) is 2.06. The molecule has 0 aliphatic heterocycles. The fourth-order valence-electron chi connectivity index (χ4n) is 1.09. The number of alkyl halides is 3. The van der Waals surface area contributed by atoms with Crippen LogP contribution < -0.4 is 0 Å². The molecule has 0 bridgehead atoms. The fraction of sp³-hybridized carbons (Fsp3) is 0.273. The van der Waals surface area contributed by atoms with E-state index < -0.39 is 12.6 Å². The van der Waals surface area contributed by atoms with E-state index in [1.54, 1.807) is 12.1 Å². The molecule has 3 heteroatoms. The summed E-state index contributed by atoms with van der Waals surface area (Å²) in [5, 5.41) is 0. The maximum Gasteiger partial charge on any atom is 0.392 e. The second-order valence-corrected chi connectivity index (χ2v) is 3.08. The summed E-state index contributed by atoms with van der Waals surface area (Å²) in [5.41, 5.74) is 1.81. The van der Waals surface area contributed by atoms with Crippen molar-refractivity contribution in [1.82, 2.24) is 0 Å². The third-order valence-corrected chi connectivity index (χ3v) is 1.84. The lowest BCUT2D eigenvalue weighted by molar-refractivity contribution is -0.124. The highest BCUT2D eigenvalue weighted by atomic mass is 19.4. The second-order valence-electron chi connectivity index (χ2n) is 3.08. The molecule has 14 heavy (non-hydrogen) atoms. The van der Waals surface area contributed by atoms with Crippen molar-refractivity contribution >= 4 is 6.08 Å². The van der Waals surface area contributed by atoms with Crippen LogP contribution in [-0.4, -0.2) is 6.18 Å². The van der Waals surface area contributed by atoms with Gasteiger partial charge in [-0.1, -0.05) is 36.4 Å². The van der Waals surface area contributed by atoms with Crippen LogP contribution >= 0.6 is 0 Å². The molecule has 0 aliphatic rings. The first-order valence-corrected chi connectivity index (χ1v) is 4.28. The molecule has 1 rings (SSSR count). The van der Waals surface area contributed by atoms with Crippen LogP contribution in [-0.2, 0) is 0 Å². The predicted molar refractivity (Wildman–Crippen MR) is 50.9 cm³/mol. The molecule has 76 valence electrons. The van der Waals surface area contributed by atoms with Crippen LogP contribution in [0.15, 0.2) is 30.3 Å². The Bertz CT molecular complexity index is 324. The van der Waals surface area contributed by atoms with Gasteiger partial charge in [-0.25, -0.2) is 0 Å². The minimum Gasteiger partial charge on any atom is -0.171 e. The minimum atomic E-state index is -4.11. The minimum absolute atomic E-state index is 0.830. The van der Waals surface area contributed by atoms with Gasteiger partial charge in [-0.3, -0.25) is 0 Å². The Balaban J connectivity index is 2.65. The van der Waals surface area contributed by atoms with Gasteiger partial charge in [-0.05, 0) is 18.1 Å². The van der Waals surface area contributed by atoms with Crippen LogP contribution in [0.5, 0.6) is 0 Å². The molecule has 0 radical (unpaired) electrons. The quantitative estimate of drug-likeness (QED) is 0.677. The maximum atomic E-state index is 11.8. The smallest absolute Gasteiger partial charge is 0.171 e. The first-order valence-electron chi connectivity index (χ1n) is 4.28. The molecular formula is C11H11F3. The number of rotatable bonds is 2. The van der Waals surface area contributed by atoms with E-state index in [0.717, 1.165) is 17.2 Å². The molecular weight excluding hydrogens is 189 g/mol. The topological polar surface area (TPSA) is 0 Å². The van der Waals surface area contributed by atoms with E-state index in [1.165, 1.54) is 6.08 Å². The summed E-state index contributed by atoms with van der Waals surface area (Å²) in [4.78, 5) is 0. The third-order valence-electron chi connectivity index (χ3n) is 1.84. The van der Waals surface area contributed by atoms with Gasteiger partial charge in [0.25, 0.3) is 0 Å². The normalized spacial score (nSPS) is 12.3. The zero-order chi connectivity index (χ0) is 10.6. The van der Waals surface area contributed by atoms with Gasteiger partial charge in [0, 0.05) is 0 Å². The standard InChI is InChI=1S/C11H11F3/c1-9-5-2-3-6-10(9)7-4-8-11(12,13)14/h2-7H,8H2,1H3/b7-4+. The highest BCUT2D eigenvalue weighted by molar-refractivity contribution is 5.53. The van der Waals surface area contributed by atoms with Crippen molar-refractivity contribution in [2.24, 2.45) is 0 Å². The van der Waals surface area contributed by atoms with Gasteiger partial charge in [0.1, 0.15) is 0 Å². The Morgan fingerprint density at radius 1 is 1.21 bits per heavy atom. The Morgan fingerprint density at radius 3 is 2.43 bits per heavy atom. The van der Waals surface area contributed by atoms with Crippen molar-refractivity contribution < 1.29 is 13.2 Å². The Morgan fingerprint density at radius 2 is 1.86 bits per heavy atom. The molecule has 0 nitrogen and oxygen atoms in total. The SMILES string of the molecule is Cc1ccccc1/C=C/CC(F)(F)F. The molecule has 0 saturated heterocycles. The molecule has 0 N–H and O–H groups in total. The van der Waals surface area contributed by atoms with Crippen molar-refractivity contribution in [2.45, 2.75) is 19.5 Å². The number of benzene rings is 1. The summed E-state index contributed by atoms with van der Waals surface area (Å²) in [6.45, 7) is 1.87. The summed E-state index contributed by atoms with van der Waals surface area (Å²) in [7, 11) is 0. The zero-order valence-corrected chi connectivity index (χ0v) is 7.81. The van der Waals surface area contributed by atoms with Crippen molar-refractivity contribution in [3.63, 3.8) is 0 Å². The molecule has 1 aromatic rings. The first kappa shape index (κ1) is 10.8. The molecule has 0 atom stereocenters. The van der Waals surface area contributed by atoms with E-state index in [0.29, 0.717) is 0 Å². The molecule has 0 unspecified atom stereocenters. The lowest BCUT2D eigenvalue weighted by Gasteiger charge is -2.01. The summed E-state index contributed by atoms with van der Waals surface area (Å²) >= 11 is 0. The van der Waals surface area contributed by atoms with Crippen molar-refractivity contribution in [3.8, 4) is 0 Å². The lowest BCUT2D eigenvalue weighted by atomic mass is 10.1. The molecule has 0 fully saturated rings. The van der Waals surface area contributed by atoms with Crippen molar-refractivity contribution in [2.75, 3.05) is 0 Å². The van der Waals surface area contributed by atoms with Gasteiger partial charge in [0.15, 0.2) is 0 Å². The van der Waals surface area contributed by atoms with Gasteiger partial charge in [-0.2, -0.15) is 13.2 Å². The fourth-order valence-corrected chi connectivity index (χ4v) is 1.09.